The Labute approximate surface area is 182 Å². The van der Waals surface area contributed by atoms with Gasteiger partial charge in [0.1, 0.15) is 27.6 Å². The zero-order valence-corrected chi connectivity index (χ0v) is 18.4. The second kappa shape index (κ2) is 7.59. The molecule has 1 aliphatic rings. The Kier molecular flexibility index (Phi) is 5.69. The molecule has 166 valence electrons. The summed E-state index contributed by atoms with van der Waals surface area (Å²) >= 11 is 5.72. The quantitative estimate of drug-likeness (QED) is 0.542. The topological polar surface area (TPSA) is 102 Å². The van der Waals surface area contributed by atoms with Gasteiger partial charge >= 0.3 is 0 Å². The highest BCUT2D eigenvalue weighted by molar-refractivity contribution is 7.93. The molecule has 2 aromatic rings. The normalized spacial score (nSPS) is 22.1. The van der Waals surface area contributed by atoms with E-state index in [9.17, 15) is 22.0 Å². The van der Waals surface area contributed by atoms with E-state index in [0.29, 0.717) is 6.07 Å². The van der Waals surface area contributed by atoms with Crippen LogP contribution in [0.2, 0.25) is 5.02 Å². The Hall–Kier alpha value is -2.46. The van der Waals surface area contributed by atoms with Gasteiger partial charge in [-0.2, -0.15) is 0 Å². The average Bonchev–Trinajstić information content (AvgIpc) is 2.64. The van der Waals surface area contributed by atoms with E-state index in [4.69, 9.17) is 17.3 Å². The van der Waals surface area contributed by atoms with Crippen molar-refractivity contribution in [2.75, 3.05) is 5.75 Å². The third-order valence-electron chi connectivity index (χ3n) is 5.37. The Balaban J connectivity index is 2.13. The van der Waals surface area contributed by atoms with Crippen molar-refractivity contribution >= 4 is 33.1 Å². The van der Waals surface area contributed by atoms with Gasteiger partial charge in [0.05, 0.1) is 16.3 Å². The van der Waals surface area contributed by atoms with Crippen LogP contribution < -0.4 is 5.73 Å². The SMILES string of the molecule is CC1(C)C(N)=N[C@](C)(c2c(F)c(F)cc(CC(=O)c3ccc(Cl)cn3)c2F)CS1(=O)=O. The molecule has 0 unspecified atom stereocenters. The van der Waals surface area contributed by atoms with Crippen molar-refractivity contribution in [3.63, 3.8) is 0 Å². The lowest BCUT2D eigenvalue weighted by molar-refractivity contribution is 0.0986. The molecule has 0 saturated carbocycles. The smallest absolute Gasteiger partial charge is 0.185 e. The molecule has 2 N–H and O–H groups in total. The standard InChI is InChI=1S/C20H19ClF3N3O3S/c1-19(2)18(25)27-20(3,9-31(19,29)30)15-16(23)10(6-12(22)17(15)24)7-14(28)13-5-4-11(21)8-26-13/h4-6,8H,7,9H2,1-3H3,(H2,25,27)/t20-/m0/s1. The largest absolute Gasteiger partial charge is 0.386 e. The van der Waals surface area contributed by atoms with Gasteiger partial charge in [-0.15, -0.1) is 0 Å². The summed E-state index contributed by atoms with van der Waals surface area (Å²) in [5.41, 5.74) is 2.37. The zero-order valence-electron chi connectivity index (χ0n) is 16.8. The highest BCUT2D eigenvalue weighted by Crippen LogP contribution is 2.40. The number of Topliss-reactive ketones (excluding diaryl/α,β-unsaturated/α-hetero) is 1. The Morgan fingerprint density at radius 3 is 2.39 bits per heavy atom. The summed E-state index contributed by atoms with van der Waals surface area (Å²) in [6, 6.07) is 3.27. The van der Waals surface area contributed by atoms with Gasteiger partial charge in [0.25, 0.3) is 0 Å². The van der Waals surface area contributed by atoms with Crippen LogP contribution in [0.5, 0.6) is 0 Å². The fourth-order valence-corrected chi connectivity index (χ4v) is 5.12. The maximum absolute atomic E-state index is 15.3. The van der Waals surface area contributed by atoms with Crippen LogP contribution in [-0.2, 0) is 21.8 Å². The maximum Gasteiger partial charge on any atom is 0.185 e. The van der Waals surface area contributed by atoms with E-state index in [2.05, 4.69) is 9.98 Å². The zero-order chi connectivity index (χ0) is 23.4. The number of carbonyl (C=O) groups excluding carboxylic acids is 1. The number of hydrogen-bond acceptors (Lipinski definition) is 6. The maximum atomic E-state index is 15.3. The summed E-state index contributed by atoms with van der Waals surface area (Å²) in [5, 5.41) is 0.280. The number of halogens is 4. The van der Waals surface area contributed by atoms with Gasteiger partial charge in [-0.25, -0.2) is 21.6 Å². The van der Waals surface area contributed by atoms with Gasteiger partial charge < -0.3 is 5.73 Å². The fraction of sp³-hybridized carbons (Fsp3) is 0.350. The molecule has 1 aliphatic heterocycles. The van der Waals surface area contributed by atoms with Gasteiger partial charge in [-0.1, -0.05) is 11.6 Å². The summed E-state index contributed by atoms with van der Waals surface area (Å²) < 4.78 is 68.3. The molecular formula is C20H19ClF3N3O3S. The van der Waals surface area contributed by atoms with Crippen molar-refractivity contribution in [3.8, 4) is 0 Å². The number of aromatic nitrogens is 1. The molecule has 1 aromatic heterocycles. The van der Waals surface area contributed by atoms with Crippen LogP contribution >= 0.6 is 11.6 Å². The van der Waals surface area contributed by atoms with Gasteiger partial charge in [0.15, 0.2) is 27.3 Å². The number of hydrogen-bond donors (Lipinski definition) is 1. The lowest BCUT2D eigenvalue weighted by Gasteiger charge is -2.38. The monoisotopic (exact) mass is 473 g/mol. The molecule has 0 radical (unpaired) electrons. The Morgan fingerprint density at radius 2 is 1.84 bits per heavy atom. The van der Waals surface area contributed by atoms with Crippen LogP contribution in [-0.4, -0.2) is 35.5 Å². The number of pyridine rings is 1. The van der Waals surface area contributed by atoms with Gasteiger partial charge in [-0.3, -0.25) is 14.8 Å². The molecule has 2 heterocycles. The number of nitrogens with zero attached hydrogens (tertiary/aromatic N) is 2. The number of sulfone groups is 1. The minimum Gasteiger partial charge on any atom is -0.386 e. The first-order valence-electron chi connectivity index (χ1n) is 9.09. The number of ketones is 1. The lowest BCUT2D eigenvalue weighted by atomic mass is 9.89. The van der Waals surface area contributed by atoms with Crippen LogP contribution in [0.25, 0.3) is 0 Å². The number of benzene rings is 1. The first kappa shape index (κ1) is 23.2. The highest BCUT2D eigenvalue weighted by Gasteiger charge is 2.51. The Morgan fingerprint density at radius 1 is 1.19 bits per heavy atom. The molecule has 11 heteroatoms. The van der Waals surface area contributed by atoms with Gasteiger partial charge in [0.2, 0.25) is 0 Å². The number of nitrogens with two attached hydrogens (primary N) is 1. The van der Waals surface area contributed by atoms with Crippen LogP contribution in [0.1, 0.15) is 42.4 Å². The number of aliphatic imine (C=N–C) groups is 1. The van der Waals surface area contributed by atoms with E-state index in [1.54, 1.807) is 0 Å². The van der Waals surface area contributed by atoms with E-state index in [0.717, 1.165) is 6.92 Å². The van der Waals surface area contributed by atoms with Gasteiger partial charge in [0, 0.05) is 12.6 Å². The van der Waals surface area contributed by atoms with E-state index < -0.39 is 66.7 Å². The molecule has 0 amide bonds. The number of carbonyl (C=O) groups is 1. The van der Waals surface area contributed by atoms with Crippen LogP contribution in [0.3, 0.4) is 0 Å². The van der Waals surface area contributed by atoms with Gasteiger partial charge in [-0.05, 0) is 44.5 Å². The molecule has 1 atom stereocenters. The minimum atomic E-state index is -4.00. The summed E-state index contributed by atoms with van der Waals surface area (Å²) in [6.45, 7) is 3.80. The summed E-state index contributed by atoms with van der Waals surface area (Å²) in [6.07, 6.45) is 0.577. The third kappa shape index (κ3) is 3.94. The summed E-state index contributed by atoms with van der Waals surface area (Å²) in [5.74, 6) is -6.12. The Bertz CT molecular complexity index is 1210. The van der Waals surface area contributed by atoms with Crippen molar-refractivity contribution in [3.05, 3.63) is 63.7 Å². The van der Waals surface area contributed by atoms with E-state index in [1.807, 2.05) is 0 Å². The van der Waals surface area contributed by atoms with E-state index >= 15 is 4.39 Å². The third-order valence-corrected chi connectivity index (χ3v) is 8.30. The van der Waals surface area contributed by atoms with Crippen molar-refractivity contribution in [1.29, 1.82) is 0 Å². The molecule has 31 heavy (non-hydrogen) atoms. The average molecular weight is 474 g/mol. The molecule has 6 nitrogen and oxygen atoms in total. The van der Waals surface area contributed by atoms with Crippen molar-refractivity contribution in [1.82, 2.24) is 4.98 Å². The fourth-order valence-electron chi connectivity index (χ4n) is 3.33. The molecule has 3 rings (SSSR count). The summed E-state index contributed by atoms with van der Waals surface area (Å²) in [7, 11) is -4.00. The second-order valence-electron chi connectivity index (χ2n) is 8.02. The molecule has 0 saturated heterocycles. The molecule has 1 aromatic carbocycles. The number of rotatable bonds is 4. The second-order valence-corrected chi connectivity index (χ2v) is 11.0. The first-order valence-corrected chi connectivity index (χ1v) is 11.1. The summed E-state index contributed by atoms with van der Waals surface area (Å²) in [4.78, 5) is 20.3. The van der Waals surface area contributed by atoms with E-state index in [1.165, 1.54) is 32.2 Å². The van der Waals surface area contributed by atoms with Crippen molar-refractivity contribution < 1.29 is 26.4 Å². The minimum absolute atomic E-state index is 0.0504. The molecular weight excluding hydrogens is 455 g/mol. The molecule has 0 fully saturated rings. The van der Waals surface area contributed by atoms with Crippen LogP contribution in [0, 0.1) is 17.5 Å². The predicted molar refractivity (Wildman–Crippen MR) is 110 cm³/mol. The lowest BCUT2D eigenvalue weighted by Crippen LogP contribution is -2.55. The highest BCUT2D eigenvalue weighted by atomic mass is 35.5. The molecule has 0 aliphatic carbocycles. The number of amidine groups is 1. The van der Waals surface area contributed by atoms with Crippen LogP contribution in [0.15, 0.2) is 29.4 Å². The molecule has 0 bridgehead atoms. The van der Waals surface area contributed by atoms with Crippen molar-refractivity contribution in [2.24, 2.45) is 10.7 Å². The molecule has 0 spiro atoms. The predicted octanol–water partition coefficient (Wildman–Crippen LogP) is 3.36. The van der Waals surface area contributed by atoms with E-state index in [-0.39, 0.29) is 16.6 Å². The van der Waals surface area contributed by atoms with Crippen molar-refractivity contribution in [2.45, 2.75) is 37.5 Å². The van der Waals surface area contributed by atoms with Crippen LogP contribution in [0.4, 0.5) is 13.2 Å². The first-order chi connectivity index (χ1) is 14.2.